The van der Waals surface area contributed by atoms with Crippen LogP contribution in [0, 0.1) is 12.3 Å². The molecule has 0 radical (unpaired) electrons. The van der Waals surface area contributed by atoms with Gasteiger partial charge in [0.15, 0.2) is 0 Å². The highest BCUT2D eigenvalue weighted by Crippen LogP contribution is 2.47. The van der Waals surface area contributed by atoms with Crippen LogP contribution in [0.2, 0.25) is 0 Å². The maximum atomic E-state index is 14.7. The SMILES string of the molecule is COc1ccc(-c2c(C3CCCCC3)c3ccc(C(=O)NS(=O)(=O)C(C)C)cc3n2CC(C)(C)C(=O)N2CCN(C)C3(CCCC3)C2)c(C)c1. The van der Waals surface area contributed by atoms with Gasteiger partial charge in [0.25, 0.3) is 5.91 Å². The Kier molecular flexibility index (Phi) is 10.2. The monoisotopic (exact) mass is 704 g/mol. The second kappa shape index (κ2) is 14.0. The van der Waals surface area contributed by atoms with Gasteiger partial charge in [-0.05, 0) is 115 Å². The van der Waals surface area contributed by atoms with Gasteiger partial charge in [-0.25, -0.2) is 13.1 Å². The molecule has 10 heteroatoms. The van der Waals surface area contributed by atoms with Crippen LogP contribution in [0.3, 0.4) is 0 Å². The third-order valence-corrected chi connectivity index (χ3v) is 13.6. The van der Waals surface area contributed by atoms with Crippen LogP contribution in [-0.4, -0.2) is 79.2 Å². The van der Waals surface area contributed by atoms with Gasteiger partial charge < -0.3 is 14.2 Å². The number of methoxy groups -OCH3 is 1. The minimum absolute atomic E-state index is 0.0578. The van der Waals surface area contributed by atoms with Crippen LogP contribution in [0.4, 0.5) is 0 Å². The number of hydrogen-bond acceptors (Lipinski definition) is 6. The maximum Gasteiger partial charge on any atom is 0.264 e. The number of rotatable bonds is 9. The summed E-state index contributed by atoms with van der Waals surface area (Å²) in [5, 5.41) is 0.310. The number of likely N-dealkylation sites (N-methyl/N-ethyl adjacent to an activating group) is 1. The Morgan fingerprint density at radius 1 is 1.00 bits per heavy atom. The fourth-order valence-corrected chi connectivity index (χ4v) is 9.42. The van der Waals surface area contributed by atoms with E-state index in [0.29, 0.717) is 19.0 Å². The average Bonchev–Trinajstić information content (AvgIpc) is 3.68. The summed E-state index contributed by atoms with van der Waals surface area (Å²) in [5.41, 5.74) is 4.88. The van der Waals surface area contributed by atoms with Gasteiger partial charge in [-0.15, -0.1) is 0 Å². The van der Waals surface area contributed by atoms with Crippen molar-refractivity contribution in [2.75, 3.05) is 33.8 Å². The van der Waals surface area contributed by atoms with Gasteiger partial charge in [-0.3, -0.25) is 14.5 Å². The fraction of sp³-hybridized carbons (Fsp3) is 0.600. The molecular formula is C40H56N4O5S. The summed E-state index contributed by atoms with van der Waals surface area (Å²) in [5.74, 6) is 0.602. The van der Waals surface area contributed by atoms with Crippen molar-refractivity contribution in [3.05, 3.63) is 53.1 Å². The van der Waals surface area contributed by atoms with E-state index in [0.717, 1.165) is 85.1 Å². The zero-order valence-corrected chi connectivity index (χ0v) is 31.9. The molecule has 9 nitrogen and oxygen atoms in total. The number of carbonyl (C=O) groups excluding carboxylic acids is 2. The van der Waals surface area contributed by atoms with Crippen LogP contribution in [0.1, 0.15) is 113 Å². The highest BCUT2D eigenvalue weighted by Gasteiger charge is 2.45. The number of amides is 2. The van der Waals surface area contributed by atoms with E-state index in [-0.39, 0.29) is 17.0 Å². The molecule has 0 unspecified atom stereocenters. The summed E-state index contributed by atoms with van der Waals surface area (Å²) in [4.78, 5) is 32.7. The Hall–Kier alpha value is -3.37. The molecule has 2 aliphatic carbocycles. The van der Waals surface area contributed by atoms with Gasteiger partial charge in [0.2, 0.25) is 15.9 Å². The zero-order chi connectivity index (χ0) is 36.0. The predicted molar refractivity (Wildman–Crippen MR) is 200 cm³/mol. The van der Waals surface area contributed by atoms with E-state index in [1.807, 2.05) is 18.2 Å². The van der Waals surface area contributed by atoms with Crippen LogP contribution >= 0.6 is 0 Å². The quantitative estimate of drug-likeness (QED) is 0.252. The molecule has 2 heterocycles. The van der Waals surface area contributed by atoms with Crippen LogP contribution in [0.15, 0.2) is 36.4 Å². The van der Waals surface area contributed by atoms with E-state index < -0.39 is 26.6 Å². The summed E-state index contributed by atoms with van der Waals surface area (Å²) >= 11 is 0. The number of nitrogens with one attached hydrogen (secondary N) is 1. The minimum atomic E-state index is -3.82. The van der Waals surface area contributed by atoms with Crippen molar-refractivity contribution in [1.82, 2.24) is 19.1 Å². The summed E-state index contributed by atoms with van der Waals surface area (Å²) in [7, 11) is 0.0605. The molecule has 50 heavy (non-hydrogen) atoms. The number of hydrogen-bond donors (Lipinski definition) is 1. The number of fused-ring (bicyclic) bond motifs is 1. The number of ether oxygens (including phenoxy) is 1. The summed E-state index contributed by atoms with van der Waals surface area (Å²) in [6.45, 7) is 12.1. The van der Waals surface area contributed by atoms with Crippen molar-refractivity contribution >= 4 is 32.7 Å². The Bertz CT molecular complexity index is 1870. The van der Waals surface area contributed by atoms with E-state index in [1.54, 1.807) is 27.0 Å². The van der Waals surface area contributed by atoms with Crippen molar-refractivity contribution in [3.8, 4) is 17.0 Å². The first-order valence-corrected chi connectivity index (χ1v) is 20.1. The number of piperazine rings is 1. The summed E-state index contributed by atoms with van der Waals surface area (Å²) in [6, 6.07) is 11.7. The number of carbonyl (C=O) groups is 2. The van der Waals surface area contributed by atoms with E-state index in [1.165, 1.54) is 24.8 Å². The topological polar surface area (TPSA) is 101 Å². The van der Waals surface area contributed by atoms with Crippen LogP contribution in [0.25, 0.3) is 22.2 Å². The molecule has 2 amide bonds. The van der Waals surface area contributed by atoms with Gasteiger partial charge >= 0.3 is 0 Å². The standard InChI is InChI=1S/C40H56N4O5S/c1-27(2)50(47,48)41-37(45)30-15-17-33-34(24-30)44(25-39(4,5)38(46)43-22-21-42(6)40(26-43)19-11-12-20-40)36(35(33)29-13-9-8-10-14-29)32-18-16-31(49-7)23-28(32)3/h15-18,23-24,27,29H,8-14,19-22,25-26H2,1-7H3,(H,41,45). The minimum Gasteiger partial charge on any atom is -0.497 e. The van der Waals surface area contributed by atoms with Gasteiger partial charge in [-0.1, -0.05) is 38.2 Å². The molecule has 0 bridgehead atoms. The maximum absolute atomic E-state index is 14.7. The first-order valence-electron chi connectivity index (χ1n) is 18.6. The molecule has 1 saturated heterocycles. The molecule has 1 aromatic heterocycles. The second-order valence-corrected chi connectivity index (χ2v) is 18.3. The Balaban J connectivity index is 1.51. The molecule has 1 spiro atoms. The van der Waals surface area contributed by atoms with Gasteiger partial charge in [-0.2, -0.15) is 0 Å². The lowest BCUT2D eigenvalue weighted by molar-refractivity contribution is -0.146. The zero-order valence-electron chi connectivity index (χ0n) is 31.1. The lowest BCUT2D eigenvalue weighted by Crippen LogP contribution is -2.62. The summed E-state index contributed by atoms with van der Waals surface area (Å²) < 4.78 is 35.6. The smallest absolute Gasteiger partial charge is 0.264 e. The summed E-state index contributed by atoms with van der Waals surface area (Å²) in [6.07, 6.45) is 10.3. The van der Waals surface area contributed by atoms with Gasteiger partial charge in [0, 0.05) is 53.7 Å². The third kappa shape index (κ3) is 6.82. The molecular weight excluding hydrogens is 649 g/mol. The number of benzene rings is 2. The number of aromatic nitrogens is 1. The lowest BCUT2D eigenvalue weighted by atomic mass is 9.81. The third-order valence-electron chi connectivity index (χ3n) is 11.9. The molecule has 0 atom stereocenters. The van der Waals surface area contributed by atoms with Crippen LogP contribution in [0.5, 0.6) is 5.75 Å². The molecule has 3 aromatic rings. The number of sulfonamides is 1. The number of nitrogens with zero attached hydrogens (tertiary/aromatic N) is 3. The predicted octanol–water partition coefficient (Wildman–Crippen LogP) is 7.25. The van der Waals surface area contributed by atoms with Crippen molar-refractivity contribution < 1.29 is 22.7 Å². The van der Waals surface area contributed by atoms with Gasteiger partial charge in [0.1, 0.15) is 5.75 Å². The number of aryl methyl sites for hydroxylation is 1. The Labute approximate surface area is 298 Å². The first-order chi connectivity index (χ1) is 23.7. The molecule has 3 aliphatic rings. The highest BCUT2D eigenvalue weighted by molar-refractivity contribution is 7.90. The molecule has 6 rings (SSSR count). The normalized spacial score (nSPS) is 19.1. The second-order valence-electron chi connectivity index (χ2n) is 16.1. The average molecular weight is 705 g/mol. The van der Waals surface area contributed by atoms with E-state index in [4.69, 9.17) is 4.74 Å². The van der Waals surface area contributed by atoms with Gasteiger partial charge in [0.05, 0.1) is 23.5 Å². The van der Waals surface area contributed by atoms with E-state index in [2.05, 4.69) is 59.0 Å². The molecule has 1 N–H and O–H groups in total. The van der Waals surface area contributed by atoms with Crippen molar-refractivity contribution in [1.29, 1.82) is 0 Å². The first kappa shape index (κ1) is 36.4. The van der Waals surface area contributed by atoms with Crippen molar-refractivity contribution in [2.24, 2.45) is 5.41 Å². The largest absolute Gasteiger partial charge is 0.497 e. The van der Waals surface area contributed by atoms with Crippen LogP contribution in [-0.2, 0) is 21.4 Å². The Morgan fingerprint density at radius 3 is 2.34 bits per heavy atom. The van der Waals surface area contributed by atoms with E-state index >= 15 is 0 Å². The molecule has 2 aromatic carbocycles. The van der Waals surface area contributed by atoms with Crippen LogP contribution < -0.4 is 9.46 Å². The highest BCUT2D eigenvalue weighted by atomic mass is 32.2. The molecule has 2 saturated carbocycles. The molecule has 3 fully saturated rings. The molecule has 1 aliphatic heterocycles. The molecule has 272 valence electrons. The Morgan fingerprint density at radius 2 is 1.70 bits per heavy atom. The van der Waals surface area contributed by atoms with Crippen molar-refractivity contribution in [3.63, 3.8) is 0 Å². The van der Waals surface area contributed by atoms with Crippen molar-refractivity contribution in [2.45, 2.75) is 116 Å². The lowest BCUT2D eigenvalue weighted by Gasteiger charge is -2.49. The van der Waals surface area contributed by atoms with E-state index in [9.17, 15) is 18.0 Å². The fourth-order valence-electron chi connectivity index (χ4n) is 8.81.